The van der Waals surface area contributed by atoms with Crippen LogP contribution in [0.25, 0.3) is 0 Å². The molecule has 0 aliphatic carbocycles. The third kappa shape index (κ3) is 6.15. The molecule has 6 nitrogen and oxygen atoms in total. The molecule has 3 aromatic rings. The Bertz CT molecular complexity index is 1200. The van der Waals surface area contributed by atoms with Gasteiger partial charge < -0.3 is 15.7 Å². The number of halogens is 6. The van der Waals surface area contributed by atoms with Crippen molar-refractivity contribution in [2.75, 3.05) is 10.6 Å². The third-order valence-corrected chi connectivity index (χ3v) is 5.24. The molecule has 1 heterocycles. The minimum absolute atomic E-state index is 0.134. The summed E-state index contributed by atoms with van der Waals surface area (Å²) in [5.41, 5.74) is -0.902. The molecule has 178 valence electrons. The second kappa shape index (κ2) is 10.3. The normalized spacial score (nSPS) is 12.2. The van der Waals surface area contributed by atoms with Gasteiger partial charge in [-0.1, -0.05) is 35.3 Å². The summed E-state index contributed by atoms with van der Waals surface area (Å²) in [4.78, 5) is 27.9. The number of carbonyl (C=O) groups excluding carboxylic acids is 1. The molecule has 0 radical (unpaired) electrons. The van der Waals surface area contributed by atoms with Crippen molar-refractivity contribution in [2.45, 2.75) is 18.6 Å². The number of carboxylic acids is 1. The lowest BCUT2D eigenvalue weighted by molar-refractivity contribution is -0.138. The number of pyridine rings is 1. The number of benzene rings is 2. The van der Waals surface area contributed by atoms with E-state index >= 15 is 0 Å². The monoisotopic (exact) mass is 515 g/mol. The van der Waals surface area contributed by atoms with E-state index in [1.165, 1.54) is 36.7 Å². The molecule has 1 amide bonds. The maximum absolute atomic E-state index is 14.0. The van der Waals surface area contributed by atoms with E-state index in [1.54, 1.807) is 0 Å². The van der Waals surface area contributed by atoms with Gasteiger partial charge in [-0.2, -0.15) is 13.2 Å². The molecule has 1 atom stereocenters. The van der Waals surface area contributed by atoms with Gasteiger partial charge in [0.1, 0.15) is 11.9 Å². The number of alkyl halides is 3. The predicted molar refractivity (Wildman–Crippen MR) is 119 cm³/mol. The predicted octanol–water partition coefficient (Wildman–Crippen LogP) is 5.91. The van der Waals surface area contributed by atoms with Gasteiger partial charge >= 0.3 is 12.1 Å². The summed E-state index contributed by atoms with van der Waals surface area (Å²) in [6, 6.07) is 6.00. The number of aliphatic carboxylic acids is 1. The Kier molecular flexibility index (Phi) is 7.63. The summed E-state index contributed by atoms with van der Waals surface area (Å²) in [5, 5.41) is 14.6. The molecule has 0 fully saturated rings. The van der Waals surface area contributed by atoms with E-state index in [9.17, 15) is 32.3 Å². The summed E-state index contributed by atoms with van der Waals surface area (Å²) in [6.07, 6.45) is -2.31. The maximum atomic E-state index is 14.0. The Morgan fingerprint density at radius 1 is 1.03 bits per heavy atom. The van der Waals surface area contributed by atoms with Crippen LogP contribution in [0, 0.1) is 5.82 Å². The van der Waals surface area contributed by atoms with Crippen molar-refractivity contribution in [3.8, 4) is 0 Å². The Morgan fingerprint density at radius 3 is 2.21 bits per heavy atom. The van der Waals surface area contributed by atoms with Crippen molar-refractivity contribution in [2.24, 2.45) is 0 Å². The largest absolute Gasteiger partial charge is 0.480 e. The fourth-order valence-corrected chi connectivity index (χ4v) is 3.40. The lowest BCUT2D eigenvalue weighted by atomic mass is 10.0. The highest BCUT2D eigenvalue weighted by atomic mass is 35.5. The van der Waals surface area contributed by atoms with Crippen LogP contribution in [0.15, 0.2) is 54.9 Å². The van der Waals surface area contributed by atoms with Gasteiger partial charge in [0, 0.05) is 24.4 Å². The van der Waals surface area contributed by atoms with E-state index in [2.05, 4.69) is 15.6 Å². The third-order valence-electron chi connectivity index (χ3n) is 4.67. The van der Waals surface area contributed by atoms with E-state index in [0.29, 0.717) is 23.8 Å². The highest BCUT2D eigenvalue weighted by molar-refractivity contribution is 6.39. The van der Waals surface area contributed by atoms with Crippen LogP contribution in [-0.4, -0.2) is 28.0 Å². The van der Waals surface area contributed by atoms with Gasteiger partial charge in [0.25, 0.3) is 5.91 Å². The molecule has 12 heteroatoms. The number of rotatable bonds is 7. The zero-order chi connectivity index (χ0) is 25.0. The van der Waals surface area contributed by atoms with E-state index in [1.807, 2.05) is 0 Å². The van der Waals surface area contributed by atoms with Crippen LogP contribution in [0.5, 0.6) is 0 Å². The zero-order valence-corrected chi connectivity index (χ0v) is 18.5. The van der Waals surface area contributed by atoms with Gasteiger partial charge in [-0.15, -0.1) is 0 Å². The summed E-state index contributed by atoms with van der Waals surface area (Å²) >= 11 is 11.9. The Morgan fingerprint density at radius 2 is 1.65 bits per heavy atom. The maximum Gasteiger partial charge on any atom is 0.416 e. The van der Waals surface area contributed by atoms with Gasteiger partial charge in [-0.25, -0.2) is 9.18 Å². The quantitative estimate of drug-likeness (QED) is 0.340. The number of hydrogen-bond donors (Lipinski definition) is 3. The Balaban J connectivity index is 1.74. The number of hydrogen-bond acceptors (Lipinski definition) is 4. The lowest BCUT2D eigenvalue weighted by Gasteiger charge is -2.18. The number of carbonyl (C=O) groups is 2. The molecule has 0 saturated heterocycles. The van der Waals surface area contributed by atoms with Gasteiger partial charge in [0.05, 0.1) is 27.0 Å². The summed E-state index contributed by atoms with van der Waals surface area (Å²) < 4.78 is 52.7. The Labute approximate surface area is 200 Å². The van der Waals surface area contributed by atoms with Gasteiger partial charge in [0.15, 0.2) is 0 Å². The van der Waals surface area contributed by atoms with E-state index in [4.69, 9.17) is 23.2 Å². The van der Waals surface area contributed by atoms with Crippen molar-refractivity contribution < 1.29 is 32.3 Å². The molecule has 0 aliphatic heterocycles. The summed E-state index contributed by atoms with van der Waals surface area (Å²) in [7, 11) is 0. The van der Waals surface area contributed by atoms with Crippen LogP contribution < -0.4 is 10.6 Å². The van der Waals surface area contributed by atoms with Gasteiger partial charge in [0.2, 0.25) is 0 Å². The topological polar surface area (TPSA) is 91.3 Å². The second-order valence-corrected chi connectivity index (χ2v) is 7.88. The van der Waals surface area contributed by atoms with Crippen molar-refractivity contribution >= 4 is 46.5 Å². The van der Waals surface area contributed by atoms with Gasteiger partial charge in [-0.3, -0.25) is 9.78 Å². The van der Waals surface area contributed by atoms with Crippen molar-refractivity contribution in [3.63, 3.8) is 0 Å². The average molecular weight is 516 g/mol. The molecule has 34 heavy (non-hydrogen) atoms. The molecule has 2 aromatic carbocycles. The standard InChI is InChI=1S/C22H15Cl2F4N3O3/c23-14-9-29-10-15(24)19(14)31-20(32)12-3-1-11(2-4-12)7-18(21(33)34)30-17-8-13(22(26,27)28)5-6-16(17)25/h1-6,8-10,18,30H,7H2,(H,33,34)(H,29,31,32). The van der Waals surface area contributed by atoms with Crippen LogP contribution in [0.4, 0.5) is 28.9 Å². The SMILES string of the molecule is O=C(Nc1c(Cl)cncc1Cl)c1ccc(CC(Nc2cc(C(F)(F)F)ccc2F)C(=O)O)cc1. The van der Waals surface area contributed by atoms with Gasteiger partial charge in [-0.05, 0) is 35.9 Å². The molecular weight excluding hydrogens is 501 g/mol. The number of aromatic nitrogens is 1. The second-order valence-electron chi connectivity index (χ2n) is 7.06. The summed E-state index contributed by atoms with van der Waals surface area (Å²) in [6.45, 7) is 0. The fraction of sp³-hybridized carbons (Fsp3) is 0.136. The number of amides is 1. The zero-order valence-electron chi connectivity index (χ0n) is 17.0. The van der Waals surface area contributed by atoms with E-state index in [-0.39, 0.29) is 27.7 Å². The first-order valence-corrected chi connectivity index (χ1v) is 10.3. The first kappa shape index (κ1) is 25.3. The van der Waals surface area contributed by atoms with Crippen LogP contribution in [-0.2, 0) is 17.4 Å². The first-order valence-electron chi connectivity index (χ1n) is 9.51. The molecule has 0 saturated carbocycles. The first-order chi connectivity index (χ1) is 16.0. The molecule has 1 unspecified atom stereocenters. The van der Waals surface area contributed by atoms with Crippen LogP contribution in [0.1, 0.15) is 21.5 Å². The molecule has 0 bridgehead atoms. The lowest BCUT2D eigenvalue weighted by Crippen LogP contribution is -2.32. The molecule has 3 rings (SSSR count). The number of carboxylic acid groups (broad SMARTS) is 1. The van der Waals surface area contributed by atoms with Crippen LogP contribution >= 0.6 is 23.2 Å². The number of anilines is 2. The smallest absolute Gasteiger partial charge is 0.416 e. The molecular formula is C22H15Cl2F4N3O3. The summed E-state index contributed by atoms with van der Waals surface area (Å²) in [5.74, 6) is -2.97. The molecule has 0 aliphatic rings. The van der Waals surface area contributed by atoms with Crippen molar-refractivity contribution in [3.05, 3.63) is 87.4 Å². The minimum atomic E-state index is -4.72. The minimum Gasteiger partial charge on any atom is -0.480 e. The molecule has 0 spiro atoms. The van der Waals surface area contributed by atoms with E-state index < -0.39 is 41.2 Å². The molecule has 3 N–H and O–H groups in total. The van der Waals surface area contributed by atoms with Crippen molar-refractivity contribution in [1.29, 1.82) is 0 Å². The number of nitrogens with one attached hydrogen (secondary N) is 2. The molecule has 1 aromatic heterocycles. The number of nitrogens with zero attached hydrogens (tertiary/aromatic N) is 1. The van der Waals surface area contributed by atoms with Crippen LogP contribution in [0.3, 0.4) is 0 Å². The van der Waals surface area contributed by atoms with Crippen LogP contribution in [0.2, 0.25) is 10.0 Å². The van der Waals surface area contributed by atoms with Crippen molar-refractivity contribution in [1.82, 2.24) is 4.98 Å². The van der Waals surface area contributed by atoms with E-state index in [0.717, 1.165) is 0 Å². The Hall–Kier alpha value is -3.37. The highest BCUT2D eigenvalue weighted by Gasteiger charge is 2.31. The fourth-order valence-electron chi connectivity index (χ4n) is 2.94. The highest BCUT2D eigenvalue weighted by Crippen LogP contribution is 2.32. The average Bonchev–Trinajstić information content (AvgIpc) is 2.76.